The van der Waals surface area contributed by atoms with Crippen LogP contribution in [0.25, 0.3) is 0 Å². The van der Waals surface area contributed by atoms with Crippen LogP contribution in [0.2, 0.25) is 0 Å². The summed E-state index contributed by atoms with van der Waals surface area (Å²) in [6.07, 6.45) is 0.328. The first-order chi connectivity index (χ1) is 11.3. The van der Waals surface area contributed by atoms with Gasteiger partial charge in [0.05, 0.1) is 24.8 Å². The Kier molecular flexibility index (Phi) is 4.81. The number of hydrogen-bond acceptors (Lipinski definition) is 4. The number of hydrogen-bond donors (Lipinski definition) is 0. The van der Waals surface area contributed by atoms with Crippen LogP contribution in [-0.2, 0) is 16.1 Å². The average Bonchev–Trinajstić information content (AvgIpc) is 2.58. The van der Waals surface area contributed by atoms with Crippen molar-refractivity contribution in [3.63, 3.8) is 0 Å². The van der Waals surface area contributed by atoms with Crippen molar-refractivity contribution in [1.29, 1.82) is 0 Å². The Hall–Kier alpha value is -2.49. The fourth-order valence-electron chi connectivity index (χ4n) is 2.86. The highest BCUT2D eigenvalue weighted by molar-refractivity contribution is 5.72. The molecular formula is C19H21NO3. The first kappa shape index (κ1) is 15.4. The highest BCUT2D eigenvalue weighted by atomic mass is 16.5. The number of carbonyl (C=O) groups excluding carboxylic acids is 1. The summed E-state index contributed by atoms with van der Waals surface area (Å²) in [6.45, 7) is 3.46. The first-order valence-corrected chi connectivity index (χ1v) is 7.96. The average molecular weight is 311 g/mol. The third kappa shape index (κ3) is 3.65. The summed E-state index contributed by atoms with van der Waals surface area (Å²) >= 11 is 0. The lowest BCUT2D eigenvalue weighted by Crippen LogP contribution is -2.44. The second kappa shape index (κ2) is 7.18. The van der Waals surface area contributed by atoms with Gasteiger partial charge in [-0.2, -0.15) is 0 Å². The SMILES string of the molecule is CCOC(=O)CC1COc2ccccc2N1Cc1ccccc1. The number of esters is 1. The van der Waals surface area contributed by atoms with E-state index in [0.717, 1.165) is 18.0 Å². The molecule has 1 aliphatic heterocycles. The summed E-state index contributed by atoms with van der Waals surface area (Å²) in [4.78, 5) is 14.2. The third-order valence-corrected chi connectivity index (χ3v) is 3.95. The van der Waals surface area contributed by atoms with Crippen molar-refractivity contribution in [1.82, 2.24) is 0 Å². The van der Waals surface area contributed by atoms with Gasteiger partial charge in [0.15, 0.2) is 0 Å². The number of carbonyl (C=O) groups is 1. The molecule has 0 aliphatic carbocycles. The summed E-state index contributed by atoms with van der Waals surface area (Å²) in [5, 5.41) is 0. The standard InChI is InChI=1S/C19H21NO3/c1-2-22-19(21)12-16-14-23-18-11-7-6-10-17(18)20(16)13-15-8-4-3-5-9-15/h3-11,16H,2,12-14H2,1H3. The molecular weight excluding hydrogens is 290 g/mol. The number of anilines is 1. The largest absolute Gasteiger partial charge is 0.489 e. The topological polar surface area (TPSA) is 38.8 Å². The number of nitrogens with zero attached hydrogens (tertiary/aromatic N) is 1. The number of fused-ring (bicyclic) bond motifs is 1. The van der Waals surface area contributed by atoms with Gasteiger partial charge in [0.1, 0.15) is 12.4 Å². The Bertz CT molecular complexity index is 657. The number of ether oxygens (including phenoxy) is 2. The van der Waals surface area contributed by atoms with E-state index in [-0.39, 0.29) is 12.0 Å². The van der Waals surface area contributed by atoms with E-state index < -0.39 is 0 Å². The molecule has 4 nitrogen and oxygen atoms in total. The van der Waals surface area contributed by atoms with Gasteiger partial charge in [0, 0.05) is 6.54 Å². The monoisotopic (exact) mass is 311 g/mol. The van der Waals surface area contributed by atoms with Crippen molar-refractivity contribution in [2.75, 3.05) is 18.1 Å². The maximum Gasteiger partial charge on any atom is 0.307 e. The van der Waals surface area contributed by atoms with Gasteiger partial charge in [0.25, 0.3) is 0 Å². The fourth-order valence-corrected chi connectivity index (χ4v) is 2.86. The highest BCUT2D eigenvalue weighted by Crippen LogP contribution is 2.35. The van der Waals surface area contributed by atoms with E-state index in [0.29, 0.717) is 19.6 Å². The first-order valence-electron chi connectivity index (χ1n) is 7.96. The summed E-state index contributed by atoms with van der Waals surface area (Å²) in [5.74, 6) is 0.682. The Morgan fingerprint density at radius 2 is 1.91 bits per heavy atom. The van der Waals surface area contributed by atoms with Crippen LogP contribution in [0.1, 0.15) is 18.9 Å². The van der Waals surface area contributed by atoms with Crippen LogP contribution in [0.3, 0.4) is 0 Å². The van der Waals surface area contributed by atoms with Crippen molar-refractivity contribution in [2.45, 2.75) is 25.9 Å². The zero-order valence-corrected chi connectivity index (χ0v) is 13.3. The van der Waals surface area contributed by atoms with E-state index in [1.807, 2.05) is 49.4 Å². The van der Waals surface area contributed by atoms with Gasteiger partial charge in [-0.3, -0.25) is 4.79 Å². The van der Waals surface area contributed by atoms with Crippen LogP contribution in [0.4, 0.5) is 5.69 Å². The molecule has 1 aliphatic rings. The molecule has 4 heteroatoms. The molecule has 0 N–H and O–H groups in total. The van der Waals surface area contributed by atoms with E-state index in [2.05, 4.69) is 17.0 Å². The Morgan fingerprint density at radius 1 is 1.17 bits per heavy atom. The molecule has 3 rings (SSSR count). The lowest BCUT2D eigenvalue weighted by molar-refractivity contribution is -0.143. The van der Waals surface area contributed by atoms with E-state index >= 15 is 0 Å². The van der Waals surface area contributed by atoms with Crippen LogP contribution in [0.5, 0.6) is 5.75 Å². The van der Waals surface area contributed by atoms with Crippen LogP contribution in [-0.4, -0.2) is 25.2 Å². The Balaban J connectivity index is 1.85. The molecule has 0 aromatic heterocycles. The predicted molar refractivity (Wildman–Crippen MR) is 89.6 cm³/mol. The van der Waals surface area contributed by atoms with Crippen molar-refractivity contribution in [2.24, 2.45) is 0 Å². The quantitative estimate of drug-likeness (QED) is 0.793. The van der Waals surface area contributed by atoms with Crippen molar-refractivity contribution in [3.05, 3.63) is 60.2 Å². The van der Waals surface area contributed by atoms with Crippen LogP contribution in [0, 0.1) is 0 Å². The fraction of sp³-hybridized carbons (Fsp3) is 0.316. The highest BCUT2D eigenvalue weighted by Gasteiger charge is 2.29. The number of para-hydroxylation sites is 2. The molecule has 0 spiro atoms. The molecule has 1 heterocycles. The van der Waals surface area contributed by atoms with Gasteiger partial charge >= 0.3 is 5.97 Å². The van der Waals surface area contributed by atoms with E-state index in [1.165, 1.54) is 5.56 Å². The molecule has 2 aromatic carbocycles. The second-order valence-electron chi connectivity index (χ2n) is 5.56. The zero-order valence-electron chi connectivity index (χ0n) is 13.3. The minimum absolute atomic E-state index is 0.0239. The summed E-state index contributed by atoms with van der Waals surface area (Å²) in [6, 6.07) is 18.2. The lowest BCUT2D eigenvalue weighted by Gasteiger charge is -2.38. The van der Waals surface area contributed by atoms with Crippen LogP contribution < -0.4 is 9.64 Å². The zero-order chi connectivity index (χ0) is 16.1. The number of benzene rings is 2. The molecule has 1 unspecified atom stereocenters. The smallest absolute Gasteiger partial charge is 0.307 e. The maximum absolute atomic E-state index is 11.9. The second-order valence-corrected chi connectivity index (χ2v) is 5.56. The Morgan fingerprint density at radius 3 is 2.70 bits per heavy atom. The van der Waals surface area contributed by atoms with Gasteiger partial charge in [-0.1, -0.05) is 42.5 Å². The molecule has 0 saturated carbocycles. The normalized spacial score (nSPS) is 16.4. The molecule has 2 aromatic rings. The third-order valence-electron chi connectivity index (χ3n) is 3.95. The van der Waals surface area contributed by atoms with Crippen LogP contribution in [0.15, 0.2) is 54.6 Å². The van der Waals surface area contributed by atoms with E-state index in [4.69, 9.17) is 9.47 Å². The summed E-state index contributed by atoms with van der Waals surface area (Å²) in [5.41, 5.74) is 2.23. The Labute approximate surface area is 136 Å². The van der Waals surface area contributed by atoms with Crippen molar-refractivity contribution in [3.8, 4) is 5.75 Å². The molecule has 23 heavy (non-hydrogen) atoms. The van der Waals surface area contributed by atoms with Crippen molar-refractivity contribution < 1.29 is 14.3 Å². The van der Waals surface area contributed by atoms with Gasteiger partial charge in [0.2, 0.25) is 0 Å². The van der Waals surface area contributed by atoms with E-state index in [9.17, 15) is 4.79 Å². The molecule has 0 radical (unpaired) electrons. The molecule has 120 valence electrons. The lowest BCUT2D eigenvalue weighted by atomic mass is 10.1. The predicted octanol–water partition coefficient (Wildman–Crippen LogP) is 3.41. The summed E-state index contributed by atoms with van der Waals surface area (Å²) in [7, 11) is 0. The molecule has 0 bridgehead atoms. The summed E-state index contributed by atoms with van der Waals surface area (Å²) < 4.78 is 10.9. The van der Waals surface area contributed by atoms with Crippen molar-refractivity contribution >= 4 is 11.7 Å². The van der Waals surface area contributed by atoms with E-state index in [1.54, 1.807) is 0 Å². The maximum atomic E-state index is 11.9. The van der Waals surface area contributed by atoms with Gasteiger partial charge in [-0.15, -0.1) is 0 Å². The molecule has 0 amide bonds. The van der Waals surface area contributed by atoms with Gasteiger partial charge < -0.3 is 14.4 Å². The molecule has 0 fully saturated rings. The van der Waals surface area contributed by atoms with Gasteiger partial charge in [-0.05, 0) is 24.6 Å². The molecule has 0 saturated heterocycles. The van der Waals surface area contributed by atoms with Crippen LogP contribution >= 0.6 is 0 Å². The molecule has 1 atom stereocenters. The minimum atomic E-state index is -0.182. The number of rotatable bonds is 5. The minimum Gasteiger partial charge on any atom is -0.489 e. The van der Waals surface area contributed by atoms with Gasteiger partial charge in [-0.25, -0.2) is 0 Å².